The molecule has 1 heterocycles. The molecule has 1 N–H and O–H groups in total. The molecule has 0 saturated carbocycles. The summed E-state index contributed by atoms with van der Waals surface area (Å²) in [5, 5.41) is 9.38. The number of aromatic nitrogens is 1. The van der Waals surface area contributed by atoms with E-state index in [2.05, 4.69) is 15.9 Å². The highest BCUT2D eigenvalue weighted by atomic mass is 79.9. The summed E-state index contributed by atoms with van der Waals surface area (Å²) in [4.78, 5) is 40.9. The first-order valence-corrected chi connectivity index (χ1v) is 7.78. The number of hydrogen-bond donors (Lipinski definition) is 1. The van der Waals surface area contributed by atoms with Crippen LogP contribution in [0.15, 0.2) is 45.7 Å². The molecule has 0 spiro atoms. The third-order valence-corrected chi connectivity index (χ3v) is 3.82. The number of pyridine rings is 1. The number of aromatic carboxylic acids is 1. The number of halogens is 1. The first-order chi connectivity index (χ1) is 11.5. The molecule has 8 heteroatoms. The zero-order valence-corrected chi connectivity index (χ0v) is 14.3. The van der Waals surface area contributed by atoms with Crippen molar-refractivity contribution in [1.82, 2.24) is 4.73 Å². The number of nitrogens with zero attached hydrogens (tertiary/aromatic N) is 1. The fraction of sp³-hybridized carbons (Fsp3) is 0.188. The van der Waals surface area contributed by atoms with E-state index in [1.54, 1.807) is 31.2 Å². The molecule has 0 radical (unpaired) electrons. The van der Waals surface area contributed by atoms with E-state index in [4.69, 9.17) is 9.57 Å². The van der Waals surface area contributed by atoms with Crippen LogP contribution in [0.3, 0.4) is 0 Å². The van der Waals surface area contributed by atoms with Crippen molar-refractivity contribution in [2.45, 2.75) is 13.5 Å². The van der Waals surface area contributed by atoms with Crippen molar-refractivity contribution < 1.29 is 24.3 Å². The van der Waals surface area contributed by atoms with Crippen molar-refractivity contribution in [1.29, 1.82) is 0 Å². The van der Waals surface area contributed by atoms with Gasteiger partial charge in [-0.3, -0.25) is 4.79 Å². The molecule has 1 aromatic heterocycles. The van der Waals surface area contributed by atoms with Crippen LogP contribution in [-0.4, -0.2) is 28.4 Å². The van der Waals surface area contributed by atoms with Gasteiger partial charge >= 0.3 is 11.9 Å². The van der Waals surface area contributed by atoms with Gasteiger partial charge in [-0.25, -0.2) is 9.59 Å². The third kappa shape index (κ3) is 3.83. The molecule has 1 aromatic carbocycles. The molecule has 0 fully saturated rings. The number of carbonyl (C=O) groups is 2. The fourth-order valence-corrected chi connectivity index (χ4v) is 2.56. The second-order valence-electron chi connectivity index (χ2n) is 4.64. The van der Waals surface area contributed by atoms with Crippen molar-refractivity contribution in [3.8, 4) is 0 Å². The molecule has 0 aliphatic rings. The van der Waals surface area contributed by atoms with Crippen LogP contribution in [0.25, 0.3) is 0 Å². The molecule has 24 heavy (non-hydrogen) atoms. The maximum Gasteiger partial charge on any atom is 0.357 e. The van der Waals surface area contributed by atoms with Gasteiger partial charge < -0.3 is 14.7 Å². The van der Waals surface area contributed by atoms with Gasteiger partial charge in [0.1, 0.15) is 6.61 Å². The largest absolute Gasteiger partial charge is 0.476 e. The van der Waals surface area contributed by atoms with Gasteiger partial charge in [0.2, 0.25) is 0 Å². The molecule has 0 bridgehead atoms. The molecule has 0 saturated heterocycles. The van der Waals surface area contributed by atoms with Crippen LogP contribution in [0.4, 0.5) is 0 Å². The van der Waals surface area contributed by atoms with Crippen LogP contribution in [0.1, 0.15) is 33.3 Å². The Morgan fingerprint density at radius 1 is 1.25 bits per heavy atom. The molecule has 7 nitrogen and oxygen atoms in total. The zero-order valence-electron chi connectivity index (χ0n) is 12.7. The molecule has 2 aromatic rings. The zero-order chi connectivity index (χ0) is 17.7. The van der Waals surface area contributed by atoms with Crippen molar-refractivity contribution in [2.75, 3.05) is 6.61 Å². The minimum Gasteiger partial charge on any atom is -0.476 e. The van der Waals surface area contributed by atoms with E-state index in [0.29, 0.717) is 4.73 Å². The average Bonchev–Trinajstić information content (AvgIpc) is 2.55. The predicted molar refractivity (Wildman–Crippen MR) is 88.0 cm³/mol. The van der Waals surface area contributed by atoms with Crippen LogP contribution >= 0.6 is 15.9 Å². The Balaban J connectivity index is 2.44. The normalized spacial score (nSPS) is 10.2. The highest BCUT2D eigenvalue weighted by Gasteiger charge is 2.24. The number of hydrogen-bond acceptors (Lipinski definition) is 5. The number of ether oxygens (including phenoxy) is 1. The van der Waals surface area contributed by atoms with Gasteiger partial charge in [-0.2, -0.15) is 0 Å². The lowest BCUT2D eigenvalue weighted by molar-refractivity contribution is 0.0505. The summed E-state index contributed by atoms with van der Waals surface area (Å²) in [6, 6.07) is 9.92. The molecule has 0 aliphatic heterocycles. The summed E-state index contributed by atoms with van der Waals surface area (Å²) < 4.78 is 5.38. The monoisotopic (exact) mass is 395 g/mol. The summed E-state index contributed by atoms with van der Waals surface area (Å²) in [6.07, 6.45) is 0. The van der Waals surface area contributed by atoms with Gasteiger partial charge in [0.15, 0.2) is 5.69 Å². The Kier molecular flexibility index (Phi) is 5.75. The van der Waals surface area contributed by atoms with Gasteiger partial charge in [0, 0.05) is 6.07 Å². The van der Waals surface area contributed by atoms with Crippen molar-refractivity contribution in [3.05, 3.63) is 68.0 Å². The Morgan fingerprint density at radius 3 is 2.50 bits per heavy atom. The molecule has 126 valence electrons. The lowest BCUT2D eigenvalue weighted by atomic mass is 10.2. The summed E-state index contributed by atoms with van der Waals surface area (Å²) in [5.41, 5.74) is -0.679. The van der Waals surface area contributed by atoms with E-state index < -0.39 is 23.2 Å². The van der Waals surface area contributed by atoms with Gasteiger partial charge in [0.05, 0.1) is 16.6 Å². The molecule has 2 rings (SSSR count). The van der Waals surface area contributed by atoms with Crippen LogP contribution in [0.2, 0.25) is 0 Å². The molecule has 0 amide bonds. The standard InChI is InChI=1S/C16H14BrNO6/c1-2-23-16(22)11-8-12(19)18(14(13(11)17)15(20)21)24-9-10-6-4-3-5-7-10/h3-8H,2,9H2,1H3,(H,20,21). The molecular formula is C16H14BrNO6. The fourth-order valence-electron chi connectivity index (χ4n) is 1.95. The van der Waals surface area contributed by atoms with E-state index in [9.17, 15) is 19.5 Å². The second-order valence-corrected chi connectivity index (χ2v) is 5.43. The van der Waals surface area contributed by atoms with Gasteiger partial charge in [-0.15, -0.1) is 4.73 Å². The quantitative estimate of drug-likeness (QED) is 0.752. The van der Waals surface area contributed by atoms with Crippen molar-refractivity contribution in [2.24, 2.45) is 0 Å². The molecule has 0 atom stereocenters. The molecule has 0 unspecified atom stereocenters. The van der Waals surface area contributed by atoms with E-state index in [1.807, 2.05) is 6.07 Å². The molecular weight excluding hydrogens is 382 g/mol. The van der Waals surface area contributed by atoms with E-state index in [1.165, 1.54) is 0 Å². The minimum absolute atomic E-state index is 0.00772. The number of carboxylic acids is 1. The van der Waals surface area contributed by atoms with E-state index >= 15 is 0 Å². The topological polar surface area (TPSA) is 94.8 Å². The summed E-state index contributed by atoms with van der Waals surface area (Å²) >= 11 is 3.04. The average molecular weight is 396 g/mol. The maximum absolute atomic E-state index is 12.2. The van der Waals surface area contributed by atoms with Gasteiger partial charge in [0.25, 0.3) is 5.56 Å². The first kappa shape index (κ1) is 17.7. The summed E-state index contributed by atoms with van der Waals surface area (Å²) in [7, 11) is 0. The summed E-state index contributed by atoms with van der Waals surface area (Å²) in [5.74, 6) is -2.21. The minimum atomic E-state index is -1.42. The summed E-state index contributed by atoms with van der Waals surface area (Å²) in [6.45, 7) is 1.70. The van der Waals surface area contributed by atoms with Crippen molar-refractivity contribution in [3.63, 3.8) is 0 Å². The number of carbonyl (C=O) groups excluding carboxylic acids is 1. The second kappa shape index (κ2) is 7.78. The van der Waals surface area contributed by atoms with E-state index in [0.717, 1.165) is 11.6 Å². The first-order valence-electron chi connectivity index (χ1n) is 6.98. The predicted octanol–water partition coefficient (Wildman–Crippen LogP) is 2.11. The van der Waals surface area contributed by atoms with Gasteiger partial charge in [-0.1, -0.05) is 30.3 Å². The number of rotatable bonds is 6. The maximum atomic E-state index is 12.2. The Labute approximate surface area is 145 Å². The molecule has 0 aliphatic carbocycles. The smallest absolute Gasteiger partial charge is 0.357 e. The third-order valence-electron chi connectivity index (χ3n) is 3.02. The highest BCUT2D eigenvalue weighted by Crippen LogP contribution is 2.21. The Morgan fingerprint density at radius 2 is 1.92 bits per heavy atom. The van der Waals surface area contributed by atoms with Crippen molar-refractivity contribution >= 4 is 27.9 Å². The highest BCUT2D eigenvalue weighted by molar-refractivity contribution is 9.10. The van der Waals surface area contributed by atoms with Crippen LogP contribution in [0, 0.1) is 0 Å². The van der Waals surface area contributed by atoms with Gasteiger partial charge in [-0.05, 0) is 28.4 Å². The SMILES string of the molecule is CCOC(=O)c1cc(=O)n(OCc2ccccc2)c(C(=O)O)c1Br. The van der Waals surface area contributed by atoms with Crippen LogP contribution < -0.4 is 10.4 Å². The lowest BCUT2D eigenvalue weighted by Crippen LogP contribution is -2.33. The number of benzene rings is 1. The Hall–Kier alpha value is -2.61. The number of esters is 1. The number of carboxylic acid groups (broad SMARTS) is 1. The Bertz CT molecular complexity index is 815. The van der Waals surface area contributed by atoms with E-state index in [-0.39, 0.29) is 23.2 Å². The van der Waals surface area contributed by atoms with Crippen LogP contribution in [0.5, 0.6) is 0 Å². The lowest BCUT2D eigenvalue weighted by Gasteiger charge is -2.14. The van der Waals surface area contributed by atoms with Crippen LogP contribution in [-0.2, 0) is 11.3 Å².